The van der Waals surface area contributed by atoms with Crippen LogP contribution in [-0.2, 0) is 6.54 Å². The number of rotatable bonds is 5. The minimum Gasteiger partial charge on any atom is -0.493 e. The molecule has 0 radical (unpaired) electrons. The van der Waals surface area contributed by atoms with Crippen molar-refractivity contribution in [2.45, 2.75) is 20.4 Å². The third-order valence-corrected chi connectivity index (χ3v) is 4.30. The molecule has 1 fully saturated rings. The topological polar surface area (TPSA) is 50.6 Å². The lowest BCUT2D eigenvalue weighted by Gasteiger charge is -2.35. The summed E-state index contributed by atoms with van der Waals surface area (Å²) in [6.45, 7) is 8.45. The average Bonchev–Trinajstić information content (AvgIpc) is 3.11. The molecule has 3 rings (SSSR count). The number of hydrogen-bond acceptors (Lipinski definition) is 4. The van der Waals surface area contributed by atoms with E-state index in [9.17, 15) is 4.79 Å². The first kappa shape index (κ1) is 19.1. The highest BCUT2D eigenvalue weighted by molar-refractivity contribution is 5.97. The number of aromatic nitrogens is 2. The van der Waals surface area contributed by atoms with Crippen molar-refractivity contribution < 1.29 is 9.53 Å². The Morgan fingerprint density at radius 3 is 2.56 bits per heavy atom. The summed E-state index contributed by atoms with van der Waals surface area (Å²) in [5.41, 5.74) is 0.642. The highest BCUT2D eigenvalue weighted by Gasteiger charge is 2.25. The summed E-state index contributed by atoms with van der Waals surface area (Å²) in [5.74, 6) is 1.69. The molecule has 1 amide bonds. The molecule has 25 heavy (non-hydrogen) atoms. The number of imidazole rings is 1. The fraction of sp³-hybridized carbons (Fsp3) is 0.444. The maximum absolute atomic E-state index is 12.8. The van der Waals surface area contributed by atoms with E-state index in [4.69, 9.17) is 4.74 Å². The van der Waals surface area contributed by atoms with Gasteiger partial charge in [0, 0.05) is 45.1 Å². The molecule has 136 valence electrons. The molecule has 0 bridgehead atoms. The maximum Gasteiger partial charge on any atom is 0.257 e. The standard InChI is InChI=1S/C18H24N4O2.ClH/c1-3-20-10-9-19-18(20)22-13-11-21(12-14-22)17(23)15-7-5-6-8-16(15)24-4-2;/h5-10H,3-4,11-14H2,1-2H3;1H. The van der Waals surface area contributed by atoms with E-state index in [2.05, 4.69) is 21.4 Å². The van der Waals surface area contributed by atoms with Crippen molar-refractivity contribution in [2.75, 3.05) is 37.7 Å². The van der Waals surface area contributed by atoms with Crippen molar-refractivity contribution in [1.29, 1.82) is 0 Å². The van der Waals surface area contributed by atoms with Gasteiger partial charge in [-0.1, -0.05) is 12.1 Å². The maximum atomic E-state index is 12.8. The number of amides is 1. The zero-order valence-electron chi connectivity index (χ0n) is 14.7. The normalized spacial score (nSPS) is 14.2. The molecule has 0 spiro atoms. The average molecular weight is 365 g/mol. The fourth-order valence-electron chi connectivity index (χ4n) is 3.04. The van der Waals surface area contributed by atoms with Crippen LogP contribution in [0.4, 0.5) is 5.95 Å². The van der Waals surface area contributed by atoms with Gasteiger partial charge in [-0.3, -0.25) is 4.79 Å². The van der Waals surface area contributed by atoms with Gasteiger partial charge in [0.2, 0.25) is 5.95 Å². The Bertz CT molecular complexity index is 696. The molecular formula is C18H25ClN4O2. The third-order valence-electron chi connectivity index (χ3n) is 4.30. The van der Waals surface area contributed by atoms with E-state index in [1.807, 2.05) is 48.5 Å². The molecule has 1 aliphatic rings. The Balaban J connectivity index is 0.00000225. The number of ether oxygens (including phenoxy) is 1. The van der Waals surface area contributed by atoms with Gasteiger partial charge in [-0.05, 0) is 26.0 Å². The van der Waals surface area contributed by atoms with E-state index in [-0.39, 0.29) is 18.3 Å². The van der Waals surface area contributed by atoms with Crippen LogP contribution in [0, 0.1) is 0 Å². The van der Waals surface area contributed by atoms with Gasteiger partial charge in [0.15, 0.2) is 0 Å². The molecule has 0 N–H and O–H groups in total. The number of hydrogen-bond donors (Lipinski definition) is 0. The van der Waals surface area contributed by atoms with Crippen LogP contribution in [0.5, 0.6) is 5.75 Å². The summed E-state index contributed by atoms with van der Waals surface area (Å²) < 4.78 is 7.71. The summed E-state index contributed by atoms with van der Waals surface area (Å²) in [4.78, 5) is 21.4. The minimum absolute atomic E-state index is 0. The number of benzene rings is 1. The smallest absolute Gasteiger partial charge is 0.257 e. The van der Waals surface area contributed by atoms with Crippen molar-refractivity contribution in [3.63, 3.8) is 0 Å². The van der Waals surface area contributed by atoms with E-state index in [1.165, 1.54) is 0 Å². The molecule has 6 nitrogen and oxygen atoms in total. The Labute approximate surface area is 154 Å². The van der Waals surface area contributed by atoms with Crippen LogP contribution in [0.1, 0.15) is 24.2 Å². The predicted octanol–water partition coefficient (Wildman–Crippen LogP) is 2.69. The SMILES string of the molecule is CCOc1ccccc1C(=O)N1CCN(c2nccn2CC)CC1.Cl. The van der Waals surface area contributed by atoms with Crippen molar-refractivity contribution >= 4 is 24.3 Å². The number of anilines is 1. The summed E-state index contributed by atoms with van der Waals surface area (Å²) >= 11 is 0. The van der Waals surface area contributed by atoms with Gasteiger partial charge >= 0.3 is 0 Å². The number of carbonyl (C=O) groups is 1. The highest BCUT2D eigenvalue weighted by Crippen LogP contribution is 2.21. The lowest BCUT2D eigenvalue weighted by Crippen LogP contribution is -2.49. The largest absolute Gasteiger partial charge is 0.493 e. The molecule has 0 saturated carbocycles. The number of aryl methyl sites for hydroxylation is 1. The zero-order chi connectivity index (χ0) is 16.9. The number of halogens is 1. The van der Waals surface area contributed by atoms with Gasteiger partial charge < -0.3 is 19.1 Å². The van der Waals surface area contributed by atoms with Gasteiger partial charge in [-0.2, -0.15) is 0 Å². The monoisotopic (exact) mass is 364 g/mol. The van der Waals surface area contributed by atoms with Crippen LogP contribution in [-0.4, -0.2) is 53.1 Å². The Morgan fingerprint density at radius 1 is 1.16 bits per heavy atom. The number of nitrogens with zero attached hydrogens (tertiary/aromatic N) is 4. The van der Waals surface area contributed by atoms with Gasteiger partial charge in [0.25, 0.3) is 5.91 Å². The minimum atomic E-state index is 0. The van der Waals surface area contributed by atoms with Crippen LogP contribution < -0.4 is 9.64 Å². The highest BCUT2D eigenvalue weighted by atomic mass is 35.5. The van der Waals surface area contributed by atoms with Crippen LogP contribution in [0.3, 0.4) is 0 Å². The number of carbonyl (C=O) groups excluding carboxylic acids is 1. The molecule has 0 unspecified atom stereocenters. The summed E-state index contributed by atoms with van der Waals surface area (Å²) in [7, 11) is 0. The lowest BCUT2D eigenvalue weighted by molar-refractivity contribution is 0.0742. The van der Waals surface area contributed by atoms with Crippen molar-refractivity contribution in [3.8, 4) is 5.75 Å². The van der Waals surface area contributed by atoms with E-state index in [0.29, 0.717) is 31.0 Å². The quantitative estimate of drug-likeness (QED) is 0.818. The zero-order valence-corrected chi connectivity index (χ0v) is 15.5. The summed E-state index contributed by atoms with van der Waals surface area (Å²) in [6.07, 6.45) is 3.82. The number of para-hydroxylation sites is 1. The van der Waals surface area contributed by atoms with E-state index < -0.39 is 0 Å². The lowest BCUT2D eigenvalue weighted by atomic mass is 10.1. The van der Waals surface area contributed by atoms with Crippen LogP contribution in [0.25, 0.3) is 0 Å². The van der Waals surface area contributed by atoms with Gasteiger partial charge in [0.05, 0.1) is 12.2 Å². The second kappa shape index (κ2) is 8.76. The summed E-state index contributed by atoms with van der Waals surface area (Å²) in [5, 5.41) is 0. The van der Waals surface area contributed by atoms with Crippen LogP contribution in [0.15, 0.2) is 36.7 Å². The molecule has 2 aromatic rings. The van der Waals surface area contributed by atoms with Crippen molar-refractivity contribution in [1.82, 2.24) is 14.5 Å². The fourth-order valence-corrected chi connectivity index (χ4v) is 3.04. The second-order valence-electron chi connectivity index (χ2n) is 5.72. The van der Waals surface area contributed by atoms with E-state index >= 15 is 0 Å². The van der Waals surface area contributed by atoms with Gasteiger partial charge in [0.1, 0.15) is 5.75 Å². The molecule has 1 aliphatic heterocycles. The second-order valence-corrected chi connectivity index (χ2v) is 5.72. The molecule has 0 aliphatic carbocycles. The third kappa shape index (κ3) is 4.07. The Hall–Kier alpha value is -2.21. The molecule has 1 saturated heterocycles. The van der Waals surface area contributed by atoms with Crippen LogP contribution in [0.2, 0.25) is 0 Å². The predicted molar refractivity (Wildman–Crippen MR) is 101 cm³/mol. The van der Waals surface area contributed by atoms with Crippen molar-refractivity contribution in [3.05, 3.63) is 42.2 Å². The van der Waals surface area contributed by atoms with E-state index in [1.54, 1.807) is 0 Å². The van der Waals surface area contributed by atoms with Gasteiger partial charge in [-0.25, -0.2) is 4.98 Å². The van der Waals surface area contributed by atoms with Crippen molar-refractivity contribution in [2.24, 2.45) is 0 Å². The molecule has 2 heterocycles. The molecule has 1 aromatic carbocycles. The Kier molecular flexibility index (Phi) is 6.70. The molecular weight excluding hydrogens is 340 g/mol. The first-order chi connectivity index (χ1) is 11.7. The first-order valence-corrected chi connectivity index (χ1v) is 8.51. The molecule has 7 heteroatoms. The number of piperazine rings is 1. The molecule has 1 aromatic heterocycles. The molecule has 0 atom stereocenters. The summed E-state index contributed by atoms with van der Waals surface area (Å²) in [6, 6.07) is 7.46. The Morgan fingerprint density at radius 2 is 1.88 bits per heavy atom. The van der Waals surface area contributed by atoms with Gasteiger partial charge in [-0.15, -0.1) is 12.4 Å². The first-order valence-electron chi connectivity index (χ1n) is 8.51. The van der Waals surface area contributed by atoms with E-state index in [0.717, 1.165) is 25.6 Å². The van der Waals surface area contributed by atoms with Crippen LogP contribution >= 0.6 is 12.4 Å².